The minimum absolute atomic E-state index is 0.0337. The van der Waals surface area contributed by atoms with E-state index >= 15 is 0 Å². The monoisotopic (exact) mass is 428 g/mol. The van der Waals surface area contributed by atoms with E-state index in [1.165, 1.54) is 24.4 Å². The summed E-state index contributed by atoms with van der Waals surface area (Å²) in [5, 5.41) is 15.6. The number of benzene rings is 1. The van der Waals surface area contributed by atoms with Gasteiger partial charge in [0.05, 0.1) is 16.0 Å². The van der Waals surface area contributed by atoms with Gasteiger partial charge in [0.1, 0.15) is 11.6 Å². The van der Waals surface area contributed by atoms with Crippen LogP contribution in [0.2, 0.25) is 0 Å². The van der Waals surface area contributed by atoms with Crippen LogP contribution in [0.5, 0.6) is 0 Å². The first-order chi connectivity index (χ1) is 14.2. The number of nitrogens with one attached hydrogen (secondary N) is 2. The van der Waals surface area contributed by atoms with Crippen LogP contribution < -0.4 is 15.4 Å². The molecule has 0 unspecified atom stereocenters. The number of hydrogen-bond acceptors (Lipinski definition) is 8. The molecule has 1 aromatic carbocycles. The molecule has 0 radical (unpaired) electrons. The lowest BCUT2D eigenvalue weighted by molar-refractivity contribution is 0.598. The van der Waals surface area contributed by atoms with Crippen LogP contribution in [-0.4, -0.2) is 40.6 Å². The van der Waals surface area contributed by atoms with Gasteiger partial charge in [-0.3, -0.25) is 5.10 Å². The molecule has 30 heavy (non-hydrogen) atoms. The molecular formula is C18H17FN8O2S. The molecule has 4 aromatic rings. The van der Waals surface area contributed by atoms with Gasteiger partial charge < -0.3 is 10.2 Å². The lowest BCUT2D eigenvalue weighted by Gasteiger charge is -2.16. The molecular weight excluding hydrogens is 411 g/mol. The Kier molecular flexibility index (Phi) is 4.79. The summed E-state index contributed by atoms with van der Waals surface area (Å²) in [6, 6.07) is 9.01. The fourth-order valence-corrected chi connectivity index (χ4v) is 3.40. The molecule has 0 amide bonds. The van der Waals surface area contributed by atoms with Gasteiger partial charge in [-0.1, -0.05) is 6.07 Å². The molecule has 0 spiro atoms. The van der Waals surface area contributed by atoms with Gasteiger partial charge >= 0.3 is 0 Å². The van der Waals surface area contributed by atoms with Gasteiger partial charge in [-0.25, -0.2) is 27.9 Å². The molecule has 0 fully saturated rings. The lowest BCUT2D eigenvalue weighted by Crippen LogP contribution is -2.13. The van der Waals surface area contributed by atoms with E-state index in [1.807, 2.05) is 0 Å². The third kappa shape index (κ3) is 3.77. The summed E-state index contributed by atoms with van der Waals surface area (Å²) in [5.74, 6) is 0.714. The number of pyridine rings is 1. The first-order valence-corrected chi connectivity index (χ1v) is 10.2. The van der Waals surface area contributed by atoms with Crippen molar-refractivity contribution in [3.63, 3.8) is 0 Å². The van der Waals surface area contributed by atoms with Gasteiger partial charge in [-0.2, -0.15) is 10.1 Å². The highest BCUT2D eigenvalue weighted by atomic mass is 32.2. The Morgan fingerprint density at radius 3 is 2.77 bits per heavy atom. The van der Waals surface area contributed by atoms with Crippen LogP contribution in [0.4, 0.5) is 27.7 Å². The van der Waals surface area contributed by atoms with Crippen molar-refractivity contribution >= 4 is 44.3 Å². The highest BCUT2D eigenvalue weighted by Gasteiger charge is 2.16. The van der Waals surface area contributed by atoms with E-state index in [1.54, 1.807) is 37.1 Å². The topological polar surface area (TPSA) is 143 Å². The Labute approximate surface area is 171 Å². The number of aromatic amines is 1. The van der Waals surface area contributed by atoms with E-state index in [2.05, 4.69) is 30.5 Å². The van der Waals surface area contributed by atoms with Gasteiger partial charge in [0.25, 0.3) is 0 Å². The van der Waals surface area contributed by atoms with Crippen LogP contribution in [0.15, 0.2) is 47.5 Å². The quantitative estimate of drug-likeness (QED) is 0.440. The fourth-order valence-electron chi connectivity index (χ4n) is 2.84. The second-order valence-electron chi connectivity index (χ2n) is 6.49. The van der Waals surface area contributed by atoms with Crippen LogP contribution >= 0.6 is 0 Å². The first kappa shape index (κ1) is 19.7. The van der Waals surface area contributed by atoms with E-state index in [-0.39, 0.29) is 16.5 Å². The summed E-state index contributed by atoms with van der Waals surface area (Å²) >= 11 is 0. The van der Waals surface area contributed by atoms with Gasteiger partial charge in [-0.15, -0.1) is 0 Å². The fraction of sp³-hybridized carbons (Fsp3) is 0.111. The Bertz CT molecular complexity index is 1360. The van der Waals surface area contributed by atoms with E-state index in [0.717, 1.165) is 0 Å². The number of aromatic nitrogens is 5. The average Bonchev–Trinajstić information content (AvgIpc) is 3.10. The number of hydrogen-bond donors (Lipinski definition) is 3. The largest absolute Gasteiger partial charge is 0.324 e. The molecule has 4 rings (SSSR count). The summed E-state index contributed by atoms with van der Waals surface area (Å²) < 4.78 is 37.1. The third-order valence-electron chi connectivity index (χ3n) is 4.38. The van der Waals surface area contributed by atoms with Gasteiger partial charge in [0.15, 0.2) is 11.5 Å². The van der Waals surface area contributed by atoms with Crippen molar-refractivity contribution in [3.05, 3.63) is 54.1 Å². The minimum Gasteiger partial charge on any atom is -0.324 e. The number of aryl methyl sites for hydroxylation is 1. The predicted molar refractivity (Wildman–Crippen MR) is 110 cm³/mol. The SMILES string of the molecule is Cc1nc2[nH]nc(N(C)c3ccnc(Nc4cccc(S(N)(=O)=O)c4)n3)c2cc1F. The zero-order valence-electron chi connectivity index (χ0n) is 16.0. The van der Waals surface area contributed by atoms with Crippen molar-refractivity contribution in [3.8, 4) is 0 Å². The summed E-state index contributed by atoms with van der Waals surface area (Å²) in [5.41, 5.74) is 1.19. The van der Waals surface area contributed by atoms with Crippen LogP contribution in [-0.2, 0) is 10.0 Å². The molecule has 0 atom stereocenters. The molecule has 154 valence electrons. The zero-order chi connectivity index (χ0) is 21.5. The van der Waals surface area contributed by atoms with E-state index in [4.69, 9.17) is 5.14 Å². The van der Waals surface area contributed by atoms with Crippen molar-refractivity contribution in [1.29, 1.82) is 0 Å². The number of halogens is 1. The van der Waals surface area contributed by atoms with Crippen molar-refractivity contribution in [2.75, 3.05) is 17.3 Å². The molecule has 0 aliphatic heterocycles. The second kappa shape index (κ2) is 7.31. The van der Waals surface area contributed by atoms with Crippen LogP contribution in [0.3, 0.4) is 0 Å². The molecule has 12 heteroatoms. The summed E-state index contributed by atoms with van der Waals surface area (Å²) in [7, 11) is -2.11. The van der Waals surface area contributed by atoms with Crippen molar-refractivity contribution in [1.82, 2.24) is 25.1 Å². The number of primary sulfonamides is 1. The Hall–Kier alpha value is -3.64. The normalized spacial score (nSPS) is 11.6. The molecule has 0 aliphatic rings. The summed E-state index contributed by atoms with van der Waals surface area (Å²) in [4.78, 5) is 14.3. The number of anilines is 4. The maximum Gasteiger partial charge on any atom is 0.238 e. The molecule has 3 aromatic heterocycles. The number of rotatable bonds is 5. The molecule has 0 saturated heterocycles. The number of H-pyrrole nitrogens is 1. The highest BCUT2D eigenvalue weighted by molar-refractivity contribution is 7.89. The maximum absolute atomic E-state index is 14.0. The van der Waals surface area contributed by atoms with Crippen LogP contribution in [0.25, 0.3) is 11.0 Å². The first-order valence-electron chi connectivity index (χ1n) is 8.70. The highest BCUT2D eigenvalue weighted by Crippen LogP contribution is 2.28. The molecule has 10 nitrogen and oxygen atoms in total. The Morgan fingerprint density at radius 1 is 1.20 bits per heavy atom. The number of nitrogens with zero attached hydrogens (tertiary/aromatic N) is 5. The van der Waals surface area contributed by atoms with E-state index in [0.29, 0.717) is 28.4 Å². The number of sulfonamides is 1. The maximum atomic E-state index is 14.0. The van der Waals surface area contributed by atoms with Gasteiger partial charge in [0.2, 0.25) is 16.0 Å². The predicted octanol–water partition coefficient (Wildman–Crippen LogP) is 2.35. The van der Waals surface area contributed by atoms with Gasteiger partial charge in [0, 0.05) is 18.9 Å². The molecule has 0 saturated carbocycles. The summed E-state index contributed by atoms with van der Waals surface area (Å²) in [6.07, 6.45) is 1.53. The van der Waals surface area contributed by atoms with Crippen molar-refractivity contribution in [2.45, 2.75) is 11.8 Å². The Balaban J connectivity index is 1.65. The van der Waals surface area contributed by atoms with Gasteiger partial charge in [-0.05, 0) is 37.3 Å². The minimum atomic E-state index is -3.83. The van der Waals surface area contributed by atoms with Crippen LogP contribution in [0, 0.1) is 12.7 Å². The zero-order valence-corrected chi connectivity index (χ0v) is 16.8. The van der Waals surface area contributed by atoms with Crippen molar-refractivity contribution in [2.24, 2.45) is 5.14 Å². The summed E-state index contributed by atoms with van der Waals surface area (Å²) in [6.45, 7) is 1.58. The van der Waals surface area contributed by atoms with E-state index < -0.39 is 15.8 Å². The van der Waals surface area contributed by atoms with E-state index in [9.17, 15) is 12.8 Å². The Morgan fingerprint density at radius 2 is 2.00 bits per heavy atom. The molecule has 0 aliphatic carbocycles. The molecule has 4 N–H and O–H groups in total. The smallest absolute Gasteiger partial charge is 0.238 e. The number of nitrogens with two attached hydrogens (primary N) is 1. The molecule has 0 bridgehead atoms. The molecule has 3 heterocycles. The lowest BCUT2D eigenvalue weighted by atomic mass is 10.2. The third-order valence-corrected chi connectivity index (χ3v) is 5.29. The second-order valence-corrected chi connectivity index (χ2v) is 8.06. The standard InChI is InChI=1S/C18H17FN8O2S/c1-10-14(19)9-13-16(22-10)25-26-17(13)27(2)15-6-7-21-18(24-15)23-11-4-3-5-12(8-11)30(20,28)29/h3-9H,1-2H3,(H2,20,28,29)(H,21,23,24)(H,22,25,26). The number of fused-ring (bicyclic) bond motifs is 1. The van der Waals surface area contributed by atoms with Crippen molar-refractivity contribution < 1.29 is 12.8 Å². The van der Waals surface area contributed by atoms with Crippen LogP contribution in [0.1, 0.15) is 5.69 Å². The average molecular weight is 428 g/mol.